The van der Waals surface area contributed by atoms with Crippen molar-refractivity contribution in [1.82, 2.24) is 4.98 Å². The SMILES string of the molecule is CCOC(=O)c1c(-c2ccccc2)nc(CC)c(C(=O)SCCF)c1CC. The van der Waals surface area contributed by atoms with Gasteiger partial charge in [-0.05, 0) is 25.3 Å². The summed E-state index contributed by atoms with van der Waals surface area (Å²) in [6.07, 6.45) is 1.01. The van der Waals surface area contributed by atoms with Gasteiger partial charge in [0.15, 0.2) is 0 Å². The van der Waals surface area contributed by atoms with E-state index >= 15 is 0 Å². The second-order valence-corrected chi connectivity index (χ2v) is 6.82. The van der Waals surface area contributed by atoms with Crippen LogP contribution in [0.5, 0.6) is 0 Å². The molecule has 0 unspecified atom stereocenters. The Kier molecular flexibility index (Phi) is 7.98. The van der Waals surface area contributed by atoms with Gasteiger partial charge in [-0.1, -0.05) is 55.9 Å². The van der Waals surface area contributed by atoms with Crippen LogP contribution in [-0.4, -0.2) is 35.1 Å². The number of halogens is 1. The summed E-state index contributed by atoms with van der Waals surface area (Å²) in [5.41, 5.74) is 3.30. The van der Waals surface area contributed by atoms with Crippen LogP contribution in [0.25, 0.3) is 11.3 Å². The second kappa shape index (κ2) is 10.2. The molecule has 0 radical (unpaired) electrons. The third kappa shape index (κ3) is 4.75. The largest absolute Gasteiger partial charge is 0.462 e. The number of hydrogen-bond acceptors (Lipinski definition) is 5. The maximum absolute atomic E-state index is 12.8. The number of alkyl halides is 1. The van der Waals surface area contributed by atoms with Gasteiger partial charge in [-0.25, -0.2) is 4.79 Å². The van der Waals surface area contributed by atoms with Crippen LogP contribution < -0.4 is 0 Å². The smallest absolute Gasteiger partial charge is 0.340 e. The summed E-state index contributed by atoms with van der Waals surface area (Å²) in [5, 5.41) is -0.251. The fraction of sp³-hybridized carbons (Fsp3) is 0.381. The van der Waals surface area contributed by atoms with Gasteiger partial charge in [0.25, 0.3) is 0 Å². The molecule has 0 aliphatic heterocycles. The van der Waals surface area contributed by atoms with Crippen molar-refractivity contribution in [3.63, 3.8) is 0 Å². The molecule has 0 fully saturated rings. The van der Waals surface area contributed by atoms with Gasteiger partial charge in [0.2, 0.25) is 5.12 Å². The highest BCUT2D eigenvalue weighted by Crippen LogP contribution is 2.32. The first-order valence-electron chi connectivity index (χ1n) is 9.10. The minimum Gasteiger partial charge on any atom is -0.462 e. The number of esters is 1. The van der Waals surface area contributed by atoms with Gasteiger partial charge in [-0.2, -0.15) is 0 Å². The van der Waals surface area contributed by atoms with E-state index in [9.17, 15) is 14.0 Å². The van der Waals surface area contributed by atoms with Crippen LogP contribution in [0.4, 0.5) is 4.39 Å². The van der Waals surface area contributed by atoms with Gasteiger partial charge in [0.05, 0.1) is 35.8 Å². The minimum atomic E-state index is -0.584. The molecule has 144 valence electrons. The summed E-state index contributed by atoms with van der Waals surface area (Å²) in [6, 6.07) is 9.39. The zero-order chi connectivity index (χ0) is 19.8. The van der Waals surface area contributed by atoms with Crippen molar-refractivity contribution in [1.29, 1.82) is 0 Å². The molecule has 1 heterocycles. The number of rotatable bonds is 8. The Morgan fingerprint density at radius 3 is 2.33 bits per heavy atom. The molecule has 1 aromatic heterocycles. The third-order valence-electron chi connectivity index (χ3n) is 4.11. The van der Waals surface area contributed by atoms with Crippen LogP contribution in [0.1, 0.15) is 52.7 Å². The van der Waals surface area contributed by atoms with Gasteiger partial charge in [0.1, 0.15) is 0 Å². The van der Waals surface area contributed by atoms with Crippen LogP contribution in [-0.2, 0) is 17.6 Å². The van der Waals surface area contributed by atoms with Gasteiger partial charge < -0.3 is 4.74 Å². The van der Waals surface area contributed by atoms with Crippen molar-refractivity contribution in [2.45, 2.75) is 33.6 Å². The van der Waals surface area contributed by atoms with E-state index in [1.807, 2.05) is 44.2 Å². The van der Waals surface area contributed by atoms with E-state index in [4.69, 9.17) is 4.74 Å². The molecule has 0 aliphatic rings. The molecule has 0 amide bonds. The maximum atomic E-state index is 12.8. The molecule has 0 bridgehead atoms. The van der Waals surface area contributed by atoms with Crippen molar-refractivity contribution in [3.8, 4) is 11.3 Å². The quantitative estimate of drug-likeness (QED) is 0.602. The average molecular weight is 389 g/mol. The van der Waals surface area contributed by atoms with E-state index in [0.29, 0.717) is 40.9 Å². The fourth-order valence-corrected chi connectivity index (χ4v) is 3.62. The Bertz CT molecular complexity index is 809. The van der Waals surface area contributed by atoms with Gasteiger partial charge in [-0.3, -0.25) is 14.2 Å². The number of hydrogen-bond donors (Lipinski definition) is 0. The normalized spacial score (nSPS) is 10.7. The first kappa shape index (κ1) is 21.1. The number of carbonyl (C=O) groups is 2. The molecule has 0 saturated heterocycles. The zero-order valence-electron chi connectivity index (χ0n) is 15.9. The highest BCUT2D eigenvalue weighted by molar-refractivity contribution is 8.14. The number of aryl methyl sites for hydroxylation is 1. The maximum Gasteiger partial charge on any atom is 0.340 e. The standard InChI is InChI=1S/C21H24FNO3S/c1-4-15-17(21(25)27-13-12-22)16(5-2)23-19(14-10-8-7-9-11-14)18(15)20(24)26-6-3/h7-11H,4-6,12-13H2,1-3H3. The predicted octanol–water partition coefficient (Wildman–Crippen LogP) is 4.89. The third-order valence-corrected chi connectivity index (χ3v) is 4.93. The average Bonchev–Trinajstić information content (AvgIpc) is 2.70. The first-order valence-corrected chi connectivity index (χ1v) is 10.1. The van der Waals surface area contributed by atoms with Crippen LogP contribution in [0.2, 0.25) is 0 Å². The molecule has 0 spiro atoms. The molecular weight excluding hydrogens is 365 g/mol. The summed E-state index contributed by atoms with van der Waals surface area (Å²) >= 11 is 0.918. The van der Waals surface area contributed by atoms with Gasteiger partial charge >= 0.3 is 5.97 Å². The summed E-state index contributed by atoms with van der Waals surface area (Å²) < 4.78 is 17.8. The van der Waals surface area contributed by atoms with E-state index in [-0.39, 0.29) is 17.5 Å². The van der Waals surface area contributed by atoms with E-state index < -0.39 is 12.6 Å². The zero-order valence-corrected chi connectivity index (χ0v) is 16.7. The van der Waals surface area contributed by atoms with E-state index in [1.165, 1.54) is 0 Å². The van der Waals surface area contributed by atoms with Crippen molar-refractivity contribution >= 4 is 22.8 Å². The van der Waals surface area contributed by atoms with E-state index in [0.717, 1.165) is 17.3 Å². The molecule has 1 aromatic carbocycles. The Morgan fingerprint density at radius 2 is 1.78 bits per heavy atom. The molecule has 27 heavy (non-hydrogen) atoms. The Balaban J connectivity index is 2.78. The lowest BCUT2D eigenvalue weighted by Crippen LogP contribution is -2.18. The van der Waals surface area contributed by atoms with Crippen molar-refractivity contribution < 1.29 is 18.7 Å². The number of ether oxygens (including phenoxy) is 1. The highest BCUT2D eigenvalue weighted by Gasteiger charge is 2.27. The Morgan fingerprint density at radius 1 is 1.07 bits per heavy atom. The lowest BCUT2D eigenvalue weighted by Gasteiger charge is -2.19. The lowest BCUT2D eigenvalue weighted by molar-refractivity contribution is 0.0525. The monoisotopic (exact) mass is 389 g/mol. The van der Waals surface area contributed by atoms with Crippen molar-refractivity contribution in [2.24, 2.45) is 0 Å². The predicted molar refractivity (Wildman–Crippen MR) is 107 cm³/mol. The topological polar surface area (TPSA) is 56.3 Å². The molecule has 0 saturated carbocycles. The first-order chi connectivity index (χ1) is 13.1. The molecule has 4 nitrogen and oxygen atoms in total. The van der Waals surface area contributed by atoms with Crippen LogP contribution in [0, 0.1) is 0 Å². The summed E-state index contributed by atoms with van der Waals surface area (Å²) in [7, 11) is 0. The Hall–Kier alpha value is -2.21. The molecular formula is C21H24FNO3S. The fourth-order valence-electron chi connectivity index (χ4n) is 2.97. The molecule has 0 aliphatic carbocycles. The molecule has 0 atom stereocenters. The van der Waals surface area contributed by atoms with Crippen molar-refractivity contribution in [2.75, 3.05) is 19.0 Å². The summed E-state index contributed by atoms with van der Waals surface area (Å²) in [4.78, 5) is 30.2. The minimum absolute atomic E-state index is 0.0836. The summed E-state index contributed by atoms with van der Waals surface area (Å²) in [5.74, 6) is -0.409. The number of carbonyl (C=O) groups excluding carboxylic acids is 2. The van der Waals surface area contributed by atoms with Crippen LogP contribution >= 0.6 is 11.8 Å². The van der Waals surface area contributed by atoms with Crippen molar-refractivity contribution in [3.05, 3.63) is 52.7 Å². The van der Waals surface area contributed by atoms with E-state index in [1.54, 1.807) is 6.92 Å². The molecule has 6 heteroatoms. The van der Waals surface area contributed by atoms with Gasteiger partial charge in [-0.15, -0.1) is 0 Å². The molecule has 2 aromatic rings. The van der Waals surface area contributed by atoms with E-state index in [2.05, 4.69) is 4.98 Å². The lowest BCUT2D eigenvalue weighted by atomic mass is 9.93. The van der Waals surface area contributed by atoms with Crippen LogP contribution in [0.3, 0.4) is 0 Å². The number of thioether (sulfide) groups is 1. The Labute approximate surface area is 163 Å². The van der Waals surface area contributed by atoms with Crippen LogP contribution in [0.15, 0.2) is 30.3 Å². The van der Waals surface area contributed by atoms with Gasteiger partial charge in [0, 0.05) is 11.3 Å². The number of benzene rings is 1. The number of pyridine rings is 1. The number of aromatic nitrogens is 1. The molecule has 2 rings (SSSR count). The second-order valence-electron chi connectivity index (χ2n) is 5.75. The molecule has 0 N–H and O–H groups in total. The summed E-state index contributed by atoms with van der Waals surface area (Å²) in [6.45, 7) is 5.19. The number of nitrogens with zero attached hydrogens (tertiary/aromatic N) is 1. The highest BCUT2D eigenvalue weighted by atomic mass is 32.2.